The maximum absolute atomic E-state index is 13.0. The van der Waals surface area contributed by atoms with Crippen LogP contribution in [0.2, 0.25) is 0 Å². The van der Waals surface area contributed by atoms with E-state index in [1.54, 1.807) is 12.1 Å². The lowest BCUT2D eigenvalue weighted by Gasteiger charge is -2.22. The van der Waals surface area contributed by atoms with Gasteiger partial charge in [-0.05, 0) is 62.2 Å². The molecule has 3 aromatic rings. The number of rotatable bonds is 8. The van der Waals surface area contributed by atoms with Crippen molar-refractivity contribution in [3.63, 3.8) is 0 Å². The number of benzene rings is 2. The maximum atomic E-state index is 13.0. The van der Waals surface area contributed by atoms with Gasteiger partial charge in [0, 0.05) is 37.1 Å². The number of anilines is 4. The van der Waals surface area contributed by atoms with Crippen molar-refractivity contribution < 1.29 is 4.39 Å². The Bertz CT molecular complexity index is 907. The molecule has 0 saturated heterocycles. The monoisotopic (exact) mass is 379 g/mol. The van der Waals surface area contributed by atoms with Gasteiger partial charge in [0.05, 0.1) is 0 Å². The van der Waals surface area contributed by atoms with E-state index in [9.17, 15) is 4.39 Å². The Labute approximate surface area is 165 Å². The molecule has 0 saturated carbocycles. The molecule has 0 bridgehead atoms. The van der Waals surface area contributed by atoms with E-state index in [1.165, 1.54) is 24.1 Å². The highest BCUT2D eigenvalue weighted by Crippen LogP contribution is 2.25. The molecule has 0 atom stereocenters. The van der Waals surface area contributed by atoms with E-state index in [1.807, 2.05) is 6.07 Å². The van der Waals surface area contributed by atoms with Crippen LogP contribution in [0.4, 0.5) is 27.4 Å². The lowest BCUT2D eigenvalue weighted by molar-refractivity contribution is 0.627. The zero-order valence-corrected chi connectivity index (χ0v) is 16.5. The summed E-state index contributed by atoms with van der Waals surface area (Å²) < 4.78 is 13.0. The summed E-state index contributed by atoms with van der Waals surface area (Å²) in [5, 5.41) is 6.60. The Morgan fingerprint density at radius 2 is 1.64 bits per heavy atom. The van der Waals surface area contributed by atoms with Crippen molar-refractivity contribution in [2.75, 3.05) is 28.6 Å². The molecule has 0 spiro atoms. The lowest BCUT2D eigenvalue weighted by atomic mass is 10.1. The van der Waals surface area contributed by atoms with Crippen LogP contribution in [0.5, 0.6) is 0 Å². The fourth-order valence-corrected chi connectivity index (χ4v) is 3.03. The van der Waals surface area contributed by atoms with E-state index in [-0.39, 0.29) is 5.82 Å². The van der Waals surface area contributed by atoms with Crippen molar-refractivity contribution in [2.24, 2.45) is 0 Å². The van der Waals surface area contributed by atoms with Gasteiger partial charge >= 0.3 is 0 Å². The average Bonchev–Trinajstić information content (AvgIpc) is 2.71. The first-order valence-corrected chi connectivity index (χ1v) is 9.52. The summed E-state index contributed by atoms with van der Waals surface area (Å²) in [6, 6.07) is 14.7. The van der Waals surface area contributed by atoms with Crippen LogP contribution in [-0.2, 0) is 6.54 Å². The van der Waals surface area contributed by atoms with Gasteiger partial charge in [0.1, 0.15) is 23.8 Å². The third-order valence-corrected chi connectivity index (χ3v) is 4.66. The lowest BCUT2D eigenvalue weighted by Crippen LogP contribution is -2.21. The summed E-state index contributed by atoms with van der Waals surface area (Å²) in [5.41, 5.74) is 4.37. The minimum absolute atomic E-state index is 0.236. The van der Waals surface area contributed by atoms with Crippen molar-refractivity contribution in [1.82, 2.24) is 9.97 Å². The van der Waals surface area contributed by atoms with Gasteiger partial charge in [0.25, 0.3) is 0 Å². The first-order valence-electron chi connectivity index (χ1n) is 9.52. The molecular formula is C22H26FN5. The number of aryl methyl sites for hydroxylation is 1. The second kappa shape index (κ2) is 9.17. The number of hydrogen-bond donors (Lipinski definition) is 2. The number of halogens is 1. The number of nitrogens with one attached hydrogen (secondary N) is 2. The van der Waals surface area contributed by atoms with Gasteiger partial charge < -0.3 is 15.5 Å². The van der Waals surface area contributed by atoms with Crippen LogP contribution < -0.4 is 15.5 Å². The van der Waals surface area contributed by atoms with Gasteiger partial charge in [-0.3, -0.25) is 0 Å². The smallest absolute Gasteiger partial charge is 0.135 e. The fourth-order valence-electron chi connectivity index (χ4n) is 3.03. The van der Waals surface area contributed by atoms with Gasteiger partial charge in [0.2, 0.25) is 0 Å². The molecule has 0 fully saturated rings. The first-order chi connectivity index (χ1) is 13.6. The van der Waals surface area contributed by atoms with Crippen LogP contribution in [0.15, 0.2) is 54.9 Å². The average molecular weight is 379 g/mol. The highest BCUT2D eigenvalue weighted by molar-refractivity contribution is 5.66. The Hall–Kier alpha value is -3.15. The minimum atomic E-state index is -0.236. The van der Waals surface area contributed by atoms with Crippen LogP contribution >= 0.6 is 0 Å². The standard InChI is InChI=1S/C22H26FN5/c1-4-28(5-2)19-10-11-20(16(3)12-19)27-22-13-21(25-15-26-22)24-14-17-6-8-18(23)9-7-17/h6-13,15H,4-5,14H2,1-3H3,(H2,24,25,26,27). The van der Waals surface area contributed by atoms with E-state index < -0.39 is 0 Å². The molecule has 0 radical (unpaired) electrons. The number of hydrogen-bond acceptors (Lipinski definition) is 5. The highest BCUT2D eigenvalue weighted by atomic mass is 19.1. The third-order valence-electron chi connectivity index (χ3n) is 4.66. The van der Waals surface area contributed by atoms with Gasteiger partial charge in [-0.2, -0.15) is 0 Å². The maximum Gasteiger partial charge on any atom is 0.135 e. The molecule has 5 nitrogen and oxygen atoms in total. The minimum Gasteiger partial charge on any atom is -0.372 e. The number of aromatic nitrogens is 2. The Morgan fingerprint density at radius 1 is 0.929 bits per heavy atom. The molecule has 0 amide bonds. The second-order valence-electron chi connectivity index (χ2n) is 6.57. The summed E-state index contributed by atoms with van der Waals surface area (Å²) in [7, 11) is 0. The van der Waals surface area contributed by atoms with Crippen LogP contribution in [0.3, 0.4) is 0 Å². The molecule has 1 aromatic heterocycles. The van der Waals surface area contributed by atoms with E-state index in [2.05, 4.69) is 64.5 Å². The molecule has 6 heteroatoms. The van der Waals surface area contributed by atoms with Gasteiger partial charge in [-0.15, -0.1) is 0 Å². The number of nitrogens with zero attached hydrogens (tertiary/aromatic N) is 3. The SMILES string of the molecule is CCN(CC)c1ccc(Nc2cc(NCc3ccc(F)cc3)ncn2)c(C)c1. The summed E-state index contributed by atoms with van der Waals surface area (Å²) in [5.74, 6) is 1.19. The van der Waals surface area contributed by atoms with E-state index in [4.69, 9.17) is 0 Å². The highest BCUT2D eigenvalue weighted by Gasteiger charge is 2.06. The van der Waals surface area contributed by atoms with Crippen molar-refractivity contribution >= 4 is 23.0 Å². The molecule has 2 N–H and O–H groups in total. The molecule has 0 unspecified atom stereocenters. The van der Waals surface area contributed by atoms with Crippen LogP contribution in [-0.4, -0.2) is 23.1 Å². The predicted molar refractivity (Wildman–Crippen MR) is 114 cm³/mol. The van der Waals surface area contributed by atoms with E-state index in [0.29, 0.717) is 12.4 Å². The van der Waals surface area contributed by atoms with Gasteiger partial charge in [-0.1, -0.05) is 12.1 Å². The van der Waals surface area contributed by atoms with Crippen LogP contribution in [0.1, 0.15) is 25.0 Å². The molecule has 1 heterocycles. The van der Waals surface area contributed by atoms with Crippen molar-refractivity contribution in [2.45, 2.75) is 27.3 Å². The summed E-state index contributed by atoms with van der Waals surface area (Å²) in [6.07, 6.45) is 1.52. The summed E-state index contributed by atoms with van der Waals surface area (Å²) in [6.45, 7) is 8.94. The summed E-state index contributed by atoms with van der Waals surface area (Å²) in [4.78, 5) is 10.9. The largest absolute Gasteiger partial charge is 0.372 e. The molecule has 2 aromatic carbocycles. The zero-order chi connectivity index (χ0) is 19.9. The Kier molecular flexibility index (Phi) is 6.42. The third kappa shape index (κ3) is 4.97. The normalized spacial score (nSPS) is 10.6. The summed E-state index contributed by atoms with van der Waals surface area (Å²) >= 11 is 0. The van der Waals surface area contributed by atoms with Crippen molar-refractivity contribution in [1.29, 1.82) is 0 Å². The Morgan fingerprint density at radius 3 is 2.32 bits per heavy atom. The van der Waals surface area contributed by atoms with Crippen LogP contribution in [0, 0.1) is 12.7 Å². The second-order valence-corrected chi connectivity index (χ2v) is 6.57. The molecular weight excluding hydrogens is 353 g/mol. The predicted octanol–water partition coefficient (Wildman–Crippen LogP) is 5.13. The molecule has 3 rings (SSSR count). The van der Waals surface area contributed by atoms with Crippen molar-refractivity contribution in [3.8, 4) is 0 Å². The Balaban J connectivity index is 1.68. The van der Waals surface area contributed by atoms with Crippen LogP contribution in [0.25, 0.3) is 0 Å². The molecule has 0 aliphatic rings. The topological polar surface area (TPSA) is 53.1 Å². The quantitative estimate of drug-likeness (QED) is 0.568. The zero-order valence-electron chi connectivity index (χ0n) is 16.5. The first kappa shape index (κ1) is 19.6. The molecule has 146 valence electrons. The molecule has 0 aliphatic heterocycles. The van der Waals surface area contributed by atoms with E-state index >= 15 is 0 Å². The molecule has 0 aliphatic carbocycles. The van der Waals surface area contributed by atoms with Crippen molar-refractivity contribution in [3.05, 3.63) is 71.8 Å². The molecule has 28 heavy (non-hydrogen) atoms. The van der Waals surface area contributed by atoms with Gasteiger partial charge in [-0.25, -0.2) is 14.4 Å². The van der Waals surface area contributed by atoms with E-state index in [0.717, 1.165) is 35.7 Å². The van der Waals surface area contributed by atoms with Gasteiger partial charge in [0.15, 0.2) is 0 Å². The fraction of sp³-hybridized carbons (Fsp3) is 0.273.